The molecule has 2 N–H and O–H groups in total. The van der Waals surface area contributed by atoms with Crippen molar-refractivity contribution in [2.75, 3.05) is 5.32 Å². The summed E-state index contributed by atoms with van der Waals surface area (Å²) in [6.07, 6.45) is -1.57. The molecule has 0 atom stereocenters. The van der Waals surface area contributed by atoms with Gasteiger partial charge in [0.1, 0.15) is 5.00 Å². The number of benzene rings is 1. The molecule has 132 valence electrons. The normalized spacial score (nSPS) is 14.0. The largest absolute Gasteiger partial charge is 0.478 e. The number of rotatable bonds is 3. The summed E-state index contributed by atoms with van der Waals surface area (Å²) in [5.41, 5.74) is -0.899. The van der Waals surface area contributed by atoms with Gasteiger partial charge < -0.3 is 10.4 Å². The van der Waals surface area contributed by atoms with Crippen LogP contribution in [0.5, 0.6) is 0 Å². The molecule has 1 amide bonds. The van der Waals surface area contributed by atoms with Gasteiger partial charge in [0.2, 0.25) is 0 Å². The average Bonchev–Trinajstić information content (AvgIpc) is 2.92. The highest BCUT2D eigenvalue weighted by molar-refractivity contribution is 7.17. The van der Waals surface area contributed by atoms with Gasteiger partial charge in [-0.05, 0) is 43.4 Å². The maximum atomic E-state index is 13.1. The van der Waals surface area contributed by atoms with Crippen molar-refractivity contribution in [1.29, 1.82) is 0 Å². The number of fused-ring (bicyclic) bond motifs is 1. The van der Waals surface area contributed by atoms with Crippen LogP contribution in [0.3, 0.4) is 0 Å². The molecule has 1 aliphatic carbocycles. The van der Waals surface area contributed by atoms with Crippen molar-refractivity contribution in [3.63, 3.8) is 0 Å². The summed E-state index contributed by atoms with van der Waals surface area (Å²) in [5.74, 6) is -2.15. The minimum Gasteiger partial charge on any atom is -0.478 e. The molecular weight excluding hydrogens is 355 g/mol. The van der Waals surface area contributed by atoms with E-state index in [0.717, 1.165) is 47.6 Å². The van der Waals surface area contributed by atoms with Crippen LogP contribution in [0.2, 0.25) is 0 Å². The highest BCUT2D eigenvalue weighted by atomic mass is 32.1. The van der Waals surface area contributed by atoms with E-state index < -0.39 is 29.2 Å². The maximum Gasteiger partial charge on any atom is 0.417 e. The SMILES string of the molecule is O=C(Nc1sc2c(c1C(=O)O)CCCC2)c1ccccc1C(F)(F)F. The molecule has 1 aromatic heterocycles. The molecule has 8 heteroatoms. The molecule has 4 nitrogen and oxygen atoms in total. The van der Waals surface area contributed by atoms with Crippen LogP contribution in [0, 0.1) is 0 Å². The second-order valence-electron chi connectivity index (χ2n) is 5.72. The monoisotopic (exact) mass is 369 g/mol. The Balaban J connectivity index is 1.98. The summed E-state index contributed by atoms with van der Waals surface area (Å²) < 4.78 is 39.2. The molecule has 2 aromatic rings. The van der Waals surface area contributed by atoms with E-state index in [1.807, 2.05) is 0 Å². The minimum absolute atomic E-state index is 0.00228. The van der Waals surface area contributed by atoms with Gasteiger partial charge in [0.25, 0.3) is 5.91 Å². The van der Waals surface area contributed by atoms with Gasteiger partial charge in [-0.2, -0.15) is 13.2 Å². The quantitative estimate of drug-likeness (QED) is 0.831. The fraction of sp³-hybridized carbons (Fsp3) is 0.294. The number of aryl methyl sites for hydroxylation is 1. The molecule has 0 saturated carbocycles. The Hall–Kier alpha value is -2.35. The Morgan fingerprint density at radius 1 is 1.12 bits per heavy atom. The molecule has 25 heavy (non-hydrogen) atoms. The van der Waals surface area contributed by atoms with E-state index in [0.29, 0.717) is 12.0 Å². The first-order chi connectivity index (χ1) is 11.8. The Labute approximate surface area is 145 Å². The number of hydrogen-bond donors (Lipinski definition) is 2. The van der Waals surface area contributed by atoms with Gasteiger partial charge in [0, 0.05) is 4.88 Å². The predicted molar refractivity (Wildman–Crippen MR) is 87.3 cm³/mol. The number of anilines is 1. The Bertz CT molecular complexity index is 842. The molecule has 0 unspecified atom stereocenters. The van der Waals surface area contributed by atoms with Crippen LogP contribution in [-0.4, -0.2) is 17.0 Å². The zero-order chi connectivity index (χ0) is 18.2. The first-order valence-corrected chi connectivity index (χ1v) is 8.46. The Morgan fingerprint density at radius 2 is 1.80 bits per heavy atom. The van der Waals surface area contributed by atoms with Crippen molar-refractivity contribution in [2.24, 2.45) is 0 Å². The molecule has 3 rings (SSSR count). The molecule has 1 aromatic carbocycles. The van der Waals surface area contributed by atoms with Crippen LogP contribution in [0.4, 0.5) is 18.2 Å². The van der Waals surface area contributed by atoms with Crippen molar-refractivity contribution >= 4 is 28.2 Å². The van der Waals surface area contributed by atoms with Gasteiger partial charge in [-0.15, -0.1) is 11.3 Å². The Kier molecular flexibility index (Phi) is 4.55. The zero-order valence-electron chi connectivity index (χ0n) is 12.9. The number of carbonyl (C=O) groups is 2. The highest BCUT2D eigenvalue weighted by Gasteiger charge is 2.35. The number of hydrogen-bond acceptors (Lipinski definition) is 3. The molecule has 0 aliphatic heterocycles. The maximum absolute atomic E-state index is 13.1. The van der Waals surface area contributed by atoms with Gasteiger partial charge in [-0.25, -0.2) is 4.79 Å². The summed E-state index contributed by atoms with van der Waals surface area (Å²) in [6, 6.07) is 4.44. The molecule has 0 spiro atoms. The van der Waals surface area contributed by atoms with E-state index in [1.54, 1.807) is 0 Å². The van der Waals surface area contributed by atoms with Crippen LogP contribution < -0.4 is 5.32 Å². The number of carbonyl (C=O) groups excluding carboxylic acids is 1. The molecular formula is C17H14F3NO3S. The fourth-order valence-electron chi connectivity index (χ4n) is 2.98. The lowest BCUT2D eigenvalue weighted by Crippen LogP contribution is -2.19. The van der Waals surface area contributed by atoms with Gasteiger partial charge >= 0.3 is 12.1 Å². The van der Waals surface area contributed by atoms with Crippen molar-refractivity contribution in [1.82, 2.24) is 0 Å². The van der Waals surface area contributed by atoms with Crippen LogP contribution >= 0.6 is 11.3 Å². The van der Waals surface area contributed by atoms with Crippen LogP contribution in [0.1, 0.15) is 49.6 Å². The summed E-state index contributed by atoms with van der Waals surface area (Å²) in [5, 5.41) is 11.9. The molecule has 0 saturated heterocycles. The number of alkyl halides is 3. The molecule has 1 aliphatic rings. The summed E-state index contributed by atoms with van der Waals surface area (Å²) >= 11 is 1.13. The molecule has 0 radical (unpaired) electrons. The van der Waals surface area contributed by atoms with E-state index in [1.165, 1.54) is 12.1 Å². The number of halogens is 3. The smallest absolute Gasteiger partial charge is 0.417 e. The number of carboxylic acid groups (broad SMARTS) is 1. The molecule has 0 bridgehead atoms. The lowest BCUT2D eigenvalue weighted by Gasteiger charge is -2.12. The third-order valence-electron chi connectivity index (χ3n) is 4.09. The molecule has 1 heterocycles. The van der Waals surface area contributed by atoms with Crippen LogP contribution in [0.15, 0.2) is 24.3 Å². The van der Waals surface area contributed by atoms with Crippen molar-refractivity contribution in [2.45, 2.75) is 31.9 Å². The Morgan fingerprint density at radius 3 is 2.48 bits per heavy atom. The summed E-state index contributed by atoms with van der Waals surface area (Å²) in [7, 11) is 0. The number of aromatic carboxylic acids is 1. The number of thiophene rings is 1. The fourth-order valence-corrected chi connectivity index (χ4v) is 4.26. The number of amides is 1. The zero-order valence-corrected chi connectivity index (χ0v) is 13.8. The van der Waals surface area contributed by atoms with Crippen molar-refractivity contribution in [3.8, 4) is 0 Å². The average molecular weight is 369 g/mol. The van der Waals surface area contributed by atoms with Crippen LogP contribution in [0.25, 0.3) is 0 Å². The first-order valence-electron chi connectivity index (χ1n) is 7.64. The summed E-state index contributed by atoms with van der Waals surface area (Å²) in [6.45, 7) is 0. The minimum atomic E-state index is -4.67. The number of carboxylic acids is 1. The van der Waals surface area contributed by atoms with E-state index in [2.05, 4.69) is 5.32 Å². The van der Waals surface area contributed by atoms with E-state index >= 15 is 0 Å². The van der Waals surface area contributed by atoms with E-state index in [9.17, 15) is 27.9 Å². The van der Waals surface area contributed by atoms with Crippen molar-refractivity contribution in [3.05, 3.63) is 51.4 Å². The van der Waals surface area contributed by atoms with Gasteiger partial charge in [0.05, 0.1) is 16.7 Å². The first kappa shape index (κ1) is 17.5. The lowest BCUT2D eigenvalue weighted by atomic mass is 9.95. The predicted octanol–water partition coefficient (Wildman–Crippen LogP) is 4.60. The van der Waals surface area contributed by atoms with Gasteiger partial charge in [-0.3, -0.25) is 4.79 Å². The third kappa shape index (κ3) is 3.39. The second-order valence-corrected chi connectivity index (χ2v) is 6.82. The summed E-state index contributed by atoms with van der Waals surface area (Å²) in [4.78, 5) is 24.8. The van der Waals surface area contributed by atoms with E-state index in [4.69, 9.17) is 0 Å². The number of nitrogens with one attached hydrogen (secondary N) is 1. The third-order valence-corrected chi connectivity index (χ3v) is 5.30. The van der Waals surface area contributed by atoms with Crippen molar-refractivity contribution < 1.29 is 27.9 Å². The van der Waals surface area contributed by atoms with E-state index in [-0.39, 0.29) is 10.6 Å². The highest BCUT2D eigenvalue weighted by Crippen LogP contribution is 2.39. The standard InChI is InChI=1S/C17H14F3NO3S/c18-17(19,20)11-7-3-1-5-9(11)14(22)21-15-13(16(23)24)10-6-2-4-8-12(10)25-15/h1,3,5,7H,2,4,6,8H2,(H,21,22)(H,23,24). The molecule has 0 fully saturated rings. The topological polar surface area (TPSA) is 66.4 Å². The van der Waals surface area contributed by atoms with Gasteiger partial charge in [0.15, 0.2) is 0 Å². The van der Waals surface area contributed by atoms with Crippen LogP contribution in [-0.2, 0) is 19.0 Å². The lowest BCUT2D eigenvalue weighted by molar-refractivity contribution is -0.137. The second kappa shape index (κ2) is 6.51. The van der Waals surface area contributed by atoms with Gasteiger partial charge in [-0.1, -0.05) is 12.1 Å².